The molecule has 19 heavy (non-hydrogen) atoms. The number of rotatable bonds is 4. The number of nitrogens with one attached hydrogen (secondary N) is 1. The van der Waals surface area contributed by atoms with E-state index in [2.05, 4.69) is 62.2 Å². The summed E-state index contributed by atoms with van der Waals surface area (Å²) in [6.45, 7) is 15.0. The van der Waals surface area contributed by atoms with Gasteiger partial charge in [-0.25, -0.2) is 0 Å². The zero-order valence-electron chi connectivity index (χ0n) is 12.9. The maximum atomic E-state index is 3.42. The van der Waals surface area contributed by atoms with Crippen molar-refractivity contribution in [3.05, 3.63) is 35.4 Å². The van der Waals surface area contributed by atoms with E-state index in [1.54, 1.807) is 0 Å². The Morgan fingerprint density at radius 1 is 1.11 bits per heavy atom. The van der Waals surface area contributed by atoms with Gasteiger partial charge in [0.1, 0.15) is 0 Å². The highest BCUT2D eigenvalue weighted by Gasteiger charge is 2.24. The summed E-state index contributed by atoms with van der Waals surface area (Å²) in [4.78, 5) is 2.58. The second kappa shape index (κ2) is 6.06. The second-order valence-corrected chi connectivity index (χ2v) is 6.69. The summed E-state index contributed by atoms with van der Waals surface area (Å²) in [5.41, 5.74) is 3.12. The minimum Gasteiger partial charge on any atom is -0.314 e. The van der Waals surface area contributed by atoms with Gasteiger partial charge in [-0.3, -0.25) is 4.90 Å². The second-order valence-electron chi connectivity index (χ2n) is 6.69. The van der Waals surface area contributed by atoms with E-state index in [0.29, 0.717) is 5.92 Å². The minimum absolute atomic E-state index is 0.229. The molecule has 2 rings (SSSR count). The molecule has 0 aliphatic carbocycles. The molecule has 1 fully saturated rings. The van der Waals surface area contributed by atoms with Crippen LogP contribution in [0.25, 0.3) is 0 Å². The molecule has 0 radical (unpaired) electrons. The lowest BCUT2D eigenvalue weighted by molar-refractivity contribution is 0.200. The molecule has 0 aromatic heterocycles. The molecular weight excluding hydrogens is 232 g/mol. The molecule has 0 saturated carbocycles. The van der Waals surface area contributed by atoms with Gasteiger partial charge in [-0.15, -0.1) is 0 Å². The zero-order chi connectivity index (χ0) is 13.9. The van der Waals surface area contributed by atoms with Crippen molar-refractivity contribution in [3.63, 3.8) is 0 Å². The molecule has 1 aromatic carbocycles. The van der Waals surface area contributed by atoms with Gasteiger partial charge >= 0.3 is 0 Å². The summed E-state index contributed by atoms with van der Waals surface area (Å²) in [6, 6.07) is 9.22. The molecule has 1 saturated heterocycles. The Labute approximate surface area is 118 Å². The summed E-state index contributed by atoms with van der Waals surface area (Å²) in [6.07, 6.45) is 0. The van der Waals surface area contributed by atoms with Crippen molar-refractivity contribution < 1.29 is 0 Å². The van der Waals surface area contributed by atoms with E-state index in [1.807, 2.05) is 0 Å². The fourth-order valence-electron chi connectivity index (χ4n) is 2.84. The predicted octanol–water partition coefficient (Wildman–Crippen LogP) is 2.99. The fourth-order valence-corrected chi connectivity index (χ4v) is 2.84. The first-order valence-corrected chi connectivity index (χ1v) is 7.52. The molecule has 0 atom stereocenters. The number of hydrogen-bond acceptors (Lipinski definition) is 2. The predicted molar refractivity (Wildman–Crippen MR) is 82.9 cm³/mol. The van der Waals surface area contributed by atoms with Crippen molar-refractivity contribution in [3.8, 4) is 0 Å². The average Bonchev–Trinajstić information content (AvgIpc) is 2.39. The lowest BCUT2D eigenvalue weighted by Gasteiger charge is -2.35. The smallest absolute Gasteiger partial charge is 0.0108 e. The molecule has 0 unspecified atom stereocenters. The Morgan fingerprint density at radius 2 is 1.68 bits per heavy atom. The monoisotopic (exact) mass is 260 g/mol. The lowest BCUT2D eigenvalue weighted by atomic mass is 9.83. The molecule has 106 valence electrons. The van der Waals surface area contributed by atoms with Gasteiger partial charge in [0.05, 0.1) is 0 Å². The highest BCUT2D eigenvalue weighted by molar-refractivity contribution is 5.30. The van der Waals surface area contributed by atoms with E-state index in [4.69, 9.17) is 0 Å². The van der Waals surface area contributed by atoms with Crippen LogP contribution in [0.2, 0.25) is 0 Å². The van der Waals surface area contributed by atoms with Crippen molar-refractivity contribution in [1.29, 1.82) is 0 Å². The van der Waals surface area contributed by atoms with Gasteiger partial charge in [-0.2, -0.15) is 0 Å². The summed E-state index contributed by atoms with van der Waals surface area (Å²) in [5.74, 6) is 0.616. The van der Waals surface area contributed by atoms with Gasteiger partial charge < -0.3 is 5.32 Å². The van der Waals surface area contributed by atoms with E-state index in [-0.39, 0.29) is 5.41 Å². The van der Waals surface area contributed by atoms with E-state index in [1.165, 1.54) is 24.2 Å². The maximum absolute atomic E-state index is 3.42. The molecule has 1 heterocycles. The van der Waals surface area contributed by atoms with Gasteiger partial charge in [-0.1, -0.05) is 52.0 Å². The van der Waals surface area contributed by atoms with Crippen LogP contribution in [-0.4, -0.2) is 37.6 Å². The molecule has 1 N–H and O–H groups in total. The SMILES string of the molecule is CC(C)c1ccc(C(C)(C)CN2CCNCC2)cc1. The van der Waals surface area contributed by atoms with Gasteiger partial charge in [0.15, 0.2) is 0 Å². The number of hydrogen-bond donors (Lipinski definition) is 1. The molecule has 0 amide bonds. The molecule has 2 nitrogen and oxygen atoms in total. The molecule has 1 aliphatic heterocycles. The average molecular weight is 260 g/mol. The van der Waals surface area contributed by atoms with Gasteiger partial charge in [0.2, 0.25) is 0 Å². The third kappa shape index (κ3) is 3.80. The van der Waals surface area contributed by atoms with Gasteiger partial charge in [0, 0.05) is 38.1 Å². The van der Waals surface area contributed by atoms with Crippen LogP contribution in [0.15, 0.2) is 24.3 Å². The highest BCUT2D eigenvalue weighted by Crippen LogP contribution is 2.26. The van der Waals surface area contributed by atoms with E-state index in [9.17, 15) is 0 Å². The molecular formula is C17H28N2. The van der Waals surface area contributed by atoms with Crippen molar-refractivity contribution >= 4 is 0 Å². The molecule has 1 aliphatic rings. The summed E-state index contributed by atoms with van der Waals surface area (Å²) < 4.78 is 0. The third-order valence-corrected chi connectivity index (χ3v) is 4.19. The van der Waals surface area contributed by atoms with Crippen molar-refractivity contribution in [2.75, 3.05) is 32.7 Å². The Balaban J connectivity index is 2.05. The standard InChI is InChI=1S/C17H28N2/c1-14(2)15-5-7-16(8-6-15)17(3,4)13-19-11-9-18-10-12-19/h5-8,14,18H,9-13H2,1-4H3. The normalized spacial score (nSPS) is 17.9. The summed E-state index contributed by atoms with van der Waals surface area (Å²) in [7, 11) is 0. The van der Waals surface area contributed by atoms with E-state index >= 15 is 0 Å². The first kappa shape index (κ1) is 14.5. The zero-order valence-corrected chi connectivity index (χ0v) is 12.9. The third-order valence-electron chi connectivity index (χ3n) is 4.19. The highest BCUT2D eigenvalue weighted by atomic mass is 15.2. The number of nitrogens with zero attached hydrogens (tertiary/aromatic N) is 1. The van der Waals surface area contributed by atoms with Crippen molar-refractivity contribution in [1.82, 2.24) is 10.2 Å². The lowest BCUT2D eigenvalue weighted by Crippen LogP contribution is -2.47. The van der Waals surface area contributed by atoms with Crippen LogP contribution >= 0.6 is 0 Å². The van der Waals surface area contributed by atoms with Crippen molar-refractivity contribution in [2.24, 2.45) is 0 Å². The molecule has 1 aromatic rings. The van der Waals surface area contributed by atoms with Crippen LogP contribution in [0.1, 0.15) is 44.7 Å². The molecule has 0 bridgehead atoms. The quantitative estimate of drug-likeness (QED) is 0.895. The fraction of sp³-hybridized carbons (Fsp3) is 0.647. The van der Waals surface area contributed by atoms with Crippen LogP contribution in [0.5, 0.6) is 0 Å². The van der Waals surface area contributed by atoms with Crippen LogP contribution in [0.4, 0.5) is 0 Å². The minimum atomic E-state index is 0.229. The van der Waals surface area contributed by atoms with E-state index in [0.717, 1.165) is 19.6 Å². The maximum Gasteiger partial charge on any atom is 0.0108 e. The Kier molecular flexibility index (Phi) is 4.64. The van der Waals surface area contributed by atoms with Crippen LogP contribution in [0, 0.1) is 0 Å². The molecule has 0 spiro atoms. The summed E-state index contributed by atoms with van der Waals surface area (Å²) >= 11 is 0. The number of benzene rings is 1. The first-order chi connectivity index (χ1) is 8.99. The van der Waals surface area contributed by atoms with Gasteiger partial charge in [0.25, 0.3) is 0 Å². The summed E-state index contributed by atoms with van der Waals surface area (Å²) in [5, 5.41) is 3.42. The van der Waals surface area contributed by atoms with Crippen molar-refractivity contribution in [2.45, 2.75) is 39.0 Å². The Hall–Kier alpha value is -0.860. The Bertz CT molecular complexity index is 386. The number of piperazine rings is 1. The van der Waals surface area contributed by atoms with Gasteiger partial charge in [-0.05, 0) is 17.0 Å². The topological polar surface area (TPSA) is 15.3 Å². The van der Waals surface area contributed by atoms with Crippen LogP contribution < -0.4 is 5.32 Å². The van der Waals surface area contributed by atoms with E-state index < -0.39 is 0 Å². The van der Waals surface area contributed by atoms with Crippen LogP contribution in [-0.2, 0) is 5.41 Å². The van der Waals surface area contributed by atoms with Crippen LogP contribution in [0.3, 0.4) is 0 Å². The largest absolute Gasteiger partial charge is 0.314 e. The first-order valence-electron chi connectivity index (χ1n) is 7.52. The Morgan fingerprint density at radius 3 is 2.21 bits per heavy atom. The molecule has 2 heteroatoms.